The van der Waals surface area contributed by atoms with E-state index >= 15 is 0 Å². The van der Waals surface area contributed by atoms with E-state index in [0.717, 1.165) is 6.04 Å². The van der Waals surface area contributed by atoms with Gasteiger partial charge in [-0.3, -0.25) is 0 Å². The molecule has 2 aliphatic rings. The molecule has 0 aromatic heterocycles. The molecule has 1 N–H and O–H groups in total. The van der Waals surface area contributed by atoms with Gasteiger partial charge in [-0.05, 0) is 38.1 Å². The van der Waals surface area contributed by atoms with Gasteiger partial charge < -0.3 is 10.2 Å². The predicted octanol–water partition coefficient (Wildman–Crippen LogP) is 3.03. The molecule has 0 aromatic carbocycles. The lowest BCUT2D eigenvalue weighted by atomic mass is 9.73. The summed E-state index contributed by atoms with van der Waals surface area (Å²) in [5, 5.41) is 3.69. The van der Waals surface area contributed by atoms with E-state index in [4.69, 9.17) is 0 Å². The molecule has 0 saturated heterocycles. The summed E-state index contributed by atoms with van der Waals surface area (Å²) in [6, 6.07) is 1.54. The molecule has 0 amide bonds. The van der Waals surface area contributed by atoms with Crippen molar-refractivity contribution in [1.82, 2.24) is 10.2 Å². The van der Waals surface area contributed by atoms with E-state index < -0.39 is 0 Å². The van der Waals surface area contributed by atoms with Crippen LogP contribution in [-0.4, -0.2) is 37.1 Å². The zero-order valence-electron chi connectivity index (χ0n) is 12.0. The predicted molar refractivity (Wildman–Crippen MR) is 74.3 cm³/mol. The largest absolute Gasteiger partial charge is 0.314 e. The molecule has 2 heteroatoms. The Morgan fingerprint density at radius 1 is 1.18 bits per heavy atom. The van der Waals surface area contributed by atoms with Crippen LogP contribution in [0.25, 0.3) is 0 Å². The fraction of sp³-hybridized carbons (Fsp3) is 1.00. The number of hydrogen-bond donors (Lipinski definition) is 1. The van der Waals surface area contributed by atoms with E-state index in [1.54, 1.807) is 0 Å². The lowest BCUT2D eigenvalue weighted by Crippen LogP contribution is -2.46. The minimum Gasteiger partial charge on any atom is -0.314 e. The van der Waals surface area contributed by atoms with Crippen LogP contribution in [0.4, 0.5) is 0 Å². The van der Waals surface area contributed by atoms with Gasteiger partial charge in [0.1, 0.15) is 0 Å². The second kappa shape index (κ2) is 5.71. The Kier molecular flexibility index (Phi) is 4.48. The molecule has 2 aliphatic carbocycles. The van der Waals surface area contributed by atoms with Crippen LogP contribution in [-0.2, 0) is 0 Å². The van der Waals surface area contributed by atoms with E-state index in [0.29, 0.717) is 11.5 Å². The van der Waals surface area contributed by atoms with Crippen LogP contribution >= 0.6 is 0 Å². The first kappa shape index (κ1) is 13.4. The molecule has 0 heterocycles. The van der Waals surface area contributed by atoms with Gasteiger partial charge in [-0.25, -0.2) is 0 Å². The third-order valence-corrected chi connectivity index (χ3v) is 4.55. The molecular formula is C15H30N2. The van der Waals surface area contributed by atoms with E-state index in [1.807, 2.05) is 0 Å². The summed E-state index contributed by atoms with van der Waals surface area (Å²) >= 11 is 0. The summed E-state index contributed by atoms with van der Waals surface area (Å²) < 4.78 is 0. The third-order valence-electron chi connectivity index (χ3n) is 4.55. The number of nitrogens with zero attached hydrogens (tertiary/aromatic N) is 1. The highest BCUT2D eigenvalue weighted by Crippen LogP contribution is 2.38. The maximum atomic E-state index is 3.69. The highest BCUT2D eigenvalue weighted by Gasteiger charge is 2.36. The van der Waals surface area contributed by atoms with Gasteiger partial charge in [-0.15, -0.1) is 0 Å². The Labute approximate surface area is 107 Å². The van der Waals surface area contributed by atoms with Gasteiger partial charge in [-0.1, -0.05) is 33.1 Å². The highest BCUT2D eigenvalue weighted by atomic mass is 15.2. The van der Waals surface area contributed by atoms with Crippen molar-refractivity contribution in [2.24, 2.45) is 5.41 Å². The van der Waals surface area contributed by atoms with Crippen molar-refractivity contribution in [2.75, 3.05) is 20.1 Å². The molecule has 0 radical (unpaired) electrons. The standard InChI is InChI=1S/C15H30N2/c1-13(2)16-11-15(9-5-4-6-10-15)12-17(3)14-7-8-14/h13-14,16H,4-12H2,1-3H3. The molecule has 0 aromatic rings. The second-order valence-electron chi connectivity index (χ2n) is 6.74. The van der Waals surface area contributed by atoms with Crippen LogP contribution in [0.2, 0.25) is 0 Å². The van der Waals surface area contributed by atoms with Crippen LogP contribution in [0, 0.1) is 5.41 Å². The molecule has 0 atom stereocenters. The normalized spacial score (nSPS) is 24.5. The Balaban J connectivity index is 1.89. The van der Waals surface area contributed by atoms with E-state index in [1.165, 1.54) is 58.0 Å². The van der Waals surface area contributed by atoms with Gasteiger partial charge >= 0.3 is 0 Å². The zero-order chi connectivity index (χ0) is 12.3. The average Bonchev–Trinajstić information content (AvgIpc) is 3.11. The molecule has 2 rings (SSSR count). The minimum atomic E-state index is 0.569. The monoisotopic (exact) mass is 238 g/mol. The SMILES string of the molecule is CC(C)NCC1(CN(C)C2CC2)CCCCC1. The Hall–Kier alpha value is -0.0800. The molecule has 100 valence electrons. The van der Waals surface area contributed by atoms with Gasteiger partial charge in [0.05, 0.1) is 0 Å². The molecule has 0 aliphatic heterocycles. The quantitative estimate of drug-likeness (QED) is 0.765. The van der Waals surface area contributed by atoms with Crippen molar-refractivity contribution < 1.29 is 0 Å². The molecule has 2 fully saturated rings. The molecule has 17 heavy (non-hydrogen) atoms. The minimum absolute atomic E-state index is 0.569. The van der Waals surface area contributed by atoms with Crippen molar-refractivity contribution >= 4 is 0 Å². The maximum absolute atomic E-state index is 3.69. The first-order chi connectivity index (χ1) is 8.11. The third kappa shape index (κ3) is 3.96. The average molecular weight is 238 g/mol. The smallest absolute Gasteiger partial charge is 0.00936 e. The zero-order valence-corrected chi connectivity index (χ0v) is 12.0. The van der Waals surface area contributed by atoms with E-state index in [-0.39, 0.29) is 0 Å². The van der Waals surface area contributed by atoms with Gasteiger partial charge in [0.25, 0.3) is 0 Å². The van der Waals surface area contributed by atoms with Crippen molar-refractivity contribution in [1.29, 1.82) is 0 Å². The summed E-state index contributed by atoms with van der Waals surface area (Å²) in [5.74, 6) is 0. The van der Waals surface area contributed by atoms with Crippen LogP contribution in [0.15, 0.2) is 0 Å². The van der Waals surface area contributed by atoms with Gasteiger partial charge in [0, 0.05) is 25.2 Å². The molecule has 2 saturated carbocycles. The summed E-state index contributed by atoms with van der Waals surface area (Å²) in [6.07, 6.45) is 10.1. The number of hydrogen-bond acceptors (Lipinski definition) is 2. The number of nitrogens with one attached hydrogen (secondary N) is 1. The van der Waals surface area contributed by atoms with Crippen LogP contribution in [0.1, 0.15) is 58.8 Å². The Morgan fingerprint density at radius 3 is 2.35 bits per heavy atom. The van der Waals surface area contributed by atoms with Crippen LogP contribution < -0.4 is 5.32 Å². The van der Waals surface area contributed by atoms with Crippen LogP contribution in [0.3, 0.4) is 0 Å². The van der Waals surface area contributed by atoms with Crippen LogP contribution in [0.5, 0.6) is 0 Å². The van der Waals surface area contributed by atoms with Crippen molar-refractivity contribution in [3.63, 3.8) is 0 Å². The van der Waals surface area contributed by atoms with Crippen molar-refractivity contribution in [2.45, 2.75) is 70.9 Å². The van der Waals surface area contributed by atoms with Crippen molar-refractivity contribution in [3.8, 4) is 0 Å². The fourth-order valence-corrected chi connectivity index (χ4v) is 3.29. The van der Waals surface area contributed by atoms with Gasteiger partial charge in [-0.2, -0.15) is 0 Å². The van der Waals surface area contributed by atoms with Gasteiger partial charge in [0.2, 0.25) is 0 Å². The first-order valence-corrected chi connectivity index (χ1v) is 7.55. The topological polar surface area (TPSA) is 15.3 Å². The summed E-state index contributed by atoms with van der Waals surface area (Å²) in [6.45, 7) is 7.07. The van der Waals surface area contributed by atoms with Gasteiger partial charge in [0.15, 0.2) is 0 Å². The highest BCUT2D eigenvalue weighted by molar-refractivity contribution is 4.92. The van der Waals surface area contributed by atoms with Crippen molar-refractivity contribution in [3.05, 3.63) is 0 Å². The summed E-state index contributed by atoms with van der Waals surface area (Å²) in [7, 11) is 2.34. The summed E-state index contributed by atoms with van der Waals surface area (Å²) in [5.41, 5.74) is 0.569. The Bertz CT molecular complexity index is 227. The Morgan fingerprint density at radius 2 is 1.82 bits per heavy atom. The summed E-state index contributed by atoms with van der Waals surface area (Å²) in [4.78, 5) is 2.63. The van der Waals surface area contributed by atoms with E-state index in [9.17, 15) is 0 Å². The first-order valence-electron chi connectivity index (χ1n) is 7.55. The number of rotatable bonds is 6. The van der Waals surface area contributed by atoms with E-state index in [2.05, 4.69) is 31.1 Å². The lowest BCUT2D eigenvalue weighted by Gasteiger charge is -2.41. The molecule has 2 nitrogen and oxygen atoms in total. The molecule has 0 spiro atoms. The molecule has 0 unspecified atom stereocenters. The fourth-order valence-electron chi connectivity index (χ4n) is 3.29. The lowest BCUT2D eigenvalue weighted by molar-refractivity contribution is 0.111. The molecule has 0 bridgehead atoms. The maximum Gasteiger partial charge on any atom is 0.00936 e. The second-order valence-corrected chi connectivity index (χ2v) is 6.74. The molecular weight excluding hydrogens is 208 g/mol.